The van der Waals surface area contributed by atoms with Crippen LogP contribution in [0.5, 0.6) is 0 Å². The summed E-state index contributed by atoms with van der Waals surface area (Å²) in [5.74, 6) is -0.512. The van der Waals surface area contributed by atoms with E-state index in [2.05, 4.69) is 29.2 Å². The fourth-order valence-corrected chi connectivity index (χ4v) is 4.18. The number of aryl methyl sites for hydroxylation is 1. The number of nitrogens with one attached hydrogen (secondary N) is 1. The van der Waals surface area contributed by atoms with Crippen LogP contribution >= 0.6 is 0 Å². The third-order valence-electron chi connectivity index (χ3n) is 5.60. The zero-order valence-electron chi connectivity index (χ0n) is 15.4. The van der Waals surface area contributed by atoms with E-state index in [-0.39, 0.29) is 36.9 Å². The molecular formula is C18H30F2N4O. The third kappa shape index (κ3) is 4.37. The van der Waals surface area contributed by atoms with E-state index in [1.165, 1.54) is 0 Å². The molecule has 3 atom stereocenters. The van der Waals surface area contributed by atoms with Crippen LogP contribution in [-0.2, 0) is 0 Å². The molecule has 0 bridgehead atoms. The molecule has 1 aromatic rings. The second-order valence-corrected chi connectivity index (χ2v) is 8.04. The monoisotopic (exact) mass is 356 g/mol. The van der Waals surface area contributed by atoms with Crippen LogP contribution in [0.4, 0.5) is 8.78 Å². The summed E-state index contributed by atoms with van der Waals surface area (Å²) in [6, 6.07) is 0.255. The molecule has 142 valence electrons. The van der Waals surface area contributed by atoms with E-state index in [1.807, 2.05) is 11.6 Å². The minimum absolute atomic E-state index is 0.0578. The lowest BCUT2D eigenvalue weighted by Gasteiger charge is -2.38. The maximum Gasteiger partial charge on any atom is 0.248 e. The van der Waals surface area contributed by atoms with Gasteiger partial charge in [0.15, 0.2) is 0 Å². The Hall–Kier alpha value is -1.08. The molecule has 0 amide bonds. The first-order valence-electron chi connectivity index (χ1n) is 9.50. The Morgan fingerprint density at radius 2 is 1.88 bits per heavy atom. The number of rotatable bonds is 4. The first-order valence-corrected chi connectivity index (χ1v) is 9.50. The SMILES string of the molecule is Cc1nc([C@H]2CC[C@@H](O)[C@H](NC3CCC(F)(F)CC3)C2)n(C(C)C)n1. The van der Waals surface area contributed by atoms with Crippen LogP contribution in [0.1, 0.15) is 82.4 Å². The molecule has 2 fully saturated rings. The largest absolute Gasteiger partial charge is 0.392 e. The van der Waals surface area contributed by atoms with Crippen LogP contribution in [-0.4, -0.2) is 44.0 Å². The van der Waals surface area contributed by atoms with Gasteiger partial charge < -0.3 is 10.4 Å². The van der Waals surface area contributed by atoms with E-state index < -0.39 is 12.0 Å². The van der Waals surface area contributed by atoms with Gasteiger partial charge in [0.1, 0.15) is 11.6 Å². The Balaban J connectivity index is 1.66. The Morgan fingerprint density at radius 1 is 1.20 bits per heavy atom. The summed E-state index contributed by atoms with van der Waals surface area (Å²) in [6.07, 6.45) is 2.77. The number of hydrogen-bond donors (Lipinski definition) is 2. The molecule has 3 rings (SSSR count). The van der Waals surface area contributed by atoms with Gasteiger partial charge in [0.05, 0.1) is 6.10 Å². The van der Waals surface area contributed by atoms with Gasteiger partial charge in [-0.1, -0.05) is 0 Å². The van der Waals surface area contributed by atoms with Crippen LogP contribution in [0.25, 0.3) is 0 Å². The maximum atomic E-state index is 13.3. The van der Waals surface area contributed by atoms with E-state index in [4.69, 9.17) is 0 Å². The summed E-state index contributed by atoms with van der Waals surface area (Å²) in [4.78, 5) is 4.62. The van der Waals surface area contributed by atoms with E-state index in [1.54, 1.807) is 0 Å². The molecule has 2 saturated carbocycles. The van der Waals surface area contributed by atoms with E-state index in [9.17, 15) is 13.9 Å². The molecule has 1 aromatic heterocycles. The lowest BCUT2D eigenvalue weighted by atomic mass is 9.82. The first-order chi connectivity index (χ1) is 11.7. The van der Waals surface area contributed by atoms with Crippen molar-refractivity contribution in [2.45, 2.75) is 102 Å². The molecule has 1 heterocycles. The van der Waals surface area contributed by atoms with Gasteiger partial charge in [-0.15, -0.1) is 0 Å². The van der Waals surface area contributed by atoms with Gasteiger partial charge in [-0.2, -0.15) is 5.10 Å². The smallest absolute Gasteiger partial charge is 0.248 e. The third-order valence-corrected chi connectivity index (χ3v) is 5.60. The molecule has 2 aliphatic carbocycles. The van der Waals surface area contributed by atoms with Crippen LogP contribution in [0.2, 0.25) is 0 Å². The van der Waals surface area contributed by atoms with Gasteiger partial charge in [-0.05, 0) is 52.9 Å². The van der Waals surface area contributed by atoms with Crippen LogP contribution < -0.4 is 5.32 Å². The molecule has 0 saturated heterocycles. The van der Waals surface area contributed by atoms with E-state index >= 15 is 0 Å². The standard InChI is InChI=1S/C18H30F2N4O/c1-11(2)24-17(21-12(3)23-24)13-4-5-16(25)15(10-13)22-14-6-8-18(19,20)9-7-14/h11,13-16,22,25H,4-10H2,1-3H3/t13-,15+,16+/m0/s1. The molecule has 2 aliphatic rings. The summed E-state index contributed by atoms with van der Waals surface area (Å²) in [5, 5.41) is 18.4. The molecule has 25 heavy (non-hydrogen) atoms. The van der Waals surface area contributed by atoms with Crippen molar-refractivity contribution in [2.75, 3.05) is 0 Å². The molecule has 0 aromatic carbocycles. The van der Waals surface area contributed by atoms with Gasteiger partial charge in [0.25, 0.3) is 0 Å². The second-order valence-electron chi connectivity index (χ2n) is 8.04. The van der Waals surface area contributed by atoms with Gasteiger partial charge in [-0.25, -0.2) is 18.4 Å². The zero-order chi connectivity index (χ0) is 18.2. The molecule has 2 N–H and O–H groups in total. The van der Waals surface area contributed by atoms with E-state index in [0.717, 1.165) is 24.5 Å². The molecule has 0 radical (unpaired) electrons. The van der Waals surface area contributed by atoms with Crippen molar-refractivity contribution in [2.24, 2.45) is 0 Å². The molecule has 5 nitrogen and oxygen atoms in total. The van der Waals surface area contributed by atoms with Crippen molar-refractivity contribution in [3.63, 3.8) is 0 Å². The minimum atomic E-state index is -2.52. The quantitative estimate of drug-likeness (QED) is 0.869. The number of aromatic nitrogens is 3. The topological polar surface area (TPSA) is 63.0 Å². The van der Waals surface area contributed by atoms with Gasteiger partial charge in [-0.3, -0.25) is 0 Å². The number of alkyl halides is 2. The van der Waals surface area contributed by atoms with Crippen molar-refractivity contribution in [3.05, 3.63) is 11.6 Å². The predicted molar refractivity (Wildman–Crippen MR) is 91.9 cm³/mol. The Kier molecular flexibility index (Phi) is 5.44. The number of aliphatic hydroxyl groups excluding tert-OH is 1. The average molecular weight is 356 g/mol. The number of aliphatic hydroxyl groups is 1. The fourth-order valence-electron chi connectivity index (χ4n) is 4.18. The van der Waals surface area contributed by atoms with E-state index in [0.29, 0.717) is 19.3 Å². The molecule has 0 spiro atoms. The minimum Gasteiger partial charge on any atom is -0.392 e. The summed E-state index contributed by atoms with van der Waals surface area (Å²) >= 11 is 0. The Morgan fingerprint density at radius 3 is 2.52 bits per heavy atom. The van der Waals surface area contributed by atoms with Gasteiger partial charge in [0, 0.05) is 36.9 Å². The first kappa shape index (κ1) is 18.7. The lowest BCUT2D eigenvalue weighted by Crippen LogP contribution is -2.50. The van der Waals surface area contributed by atoms with Crippen molar-refractivity contribution >= 4 is 0 Å². The summed E-state index contributed by atoms with van der Waals surface area (Å²) in [6.45, 7) is 6.08. The highest BCUT2D eigenvalue weighted by atomic mass is 19.3. The fraction of sp³-hybridized carbons (Fsp3) is 0.889. The Labute approximate surface area is 148 Å². The summed E-state index contributed by atoms with van der Waals surface area (Å²) in [7, 11) is 0. The number of hydrogen-bond acceptors (Lipinski definition) is 4. The highest BCUT2D eigenvalue weighted by molar-refractivity contribution is 5.05. The highest BCUT2D eigenvalue weighted by Crippen LogP contribution is 2.36. The molecule has 0 aliphatic heterocycles. The predicted octanol–water partition coefficient (Wildman–Crippen LogP) is 3.33. The van der Waals surface area contributed by atoms with Crippen molar-refractivity contribution in [1.82, 2.24) is 20.1 Å². The highest BCUT2D eigenvalue weighted by Gasteiger charge is 2.38. The molecule has 7 heteroatoms. The molecular weight excluding hydrogens is 326 g/mol. The van der Waals surface area contributed by atoms with Crippen molar-refractivity contribution < 1.29 is 13.9 Å². The Bertz CT molecular complexity index is 580. The number of nitrogens with zero attached hydrogens (tertiary/aromatic N) is 3. The van der Waals surface area contributed by atoms with Crippen LogP contribution in [0, 0.1) is 6.92 Å². The maximum absolute atomic E-state index is 13.3. The zero-order valence-corrected chi connectivity index (χ0v) is 15.4. The van der Waals surface area contributed by atoms with Crippen LogP contribution in [0.3, 0.4) is 0 Å². The number of halogens is 2. The summed E-state index contributed by atoms with van der Waals surface area (Å²) in [5.41, 5.74) is 0. The lowest BCUT2D eigenvalue weighted by molar-refractivity contribution is -0.0437. The van der Waals surface area contributed by atoms with Crippen molar-refractivity contribution in [1.29, 1.82) is 0 Å². The normalized spacial score (nSPS) is 30.8. The van der Waals surface area contributed by atoms with Crippen molar-refractivity contribution in [3.8, 4) is 0 Å². The average Bonchev–Trinajstić information content (AvgIpc) is 2.93. The van der Waals surface area contributed by atoms with Crippen LogP contribution in [0.15, 0.2) is 0 Å². The summed E-state index contributed by atoms with van der Waals surface area (Å²) < 4.78 is 28.7. The second kappa shape index (κ2) is 7.27. The van der Waals surface area contributed by atoms with Gasteiger partial charge in [0.2, 0.25) is 5.92 Å². The molecule has 0 unspecified atom stereocenters. The van der Waals surface area contributed by atoms with Gasteiger partial charge >= 0.3 is 0 Å².